The van der Waals surface area contributed by atoms with Crippen molar-refractivity contribution in [2.24, 2.45) is 5.92 Å². The van der Waals surface area contributed by atoms with Crippen molar-refractivity contribution in [3.8, 4) is 0 Å². The summed E-state index contributed by atoms with van der Waals surface area (Å²) in [6.07, 6.45) is 1.07. The van der Waals surface area contributed by atoms with Crippen molar-refractivity contribution in [2.75, 3.05) is 6.61 Å². The highest BCUT2D eigenvalue weighted by molar-refractivity contribution is 5.78. The van der Waals surface area contributed by atoms with Crippen molar-refractivity contribution >= 4 is 12.4 Å². The molecule has 0 aromatic heterocycles. The van der Waals surface area contributed by atoms with Gasteiger partial charge in [0, 0.05) is 0 Å². The molecule has 0 saturated carbocycles. The number of carbonyl (C=O) groups is 2. The van der Waals surface area contributed by atoms with E-state index in [9.17, 15) is 9.59 Å². The van der Waals surface area contributed by atoms with E-state index in [2.05, 4.69) is 5.32 Å². The quantitative estimate of drug-likeness (QED) is 0.492. The minimum Gasteiger partial charge on any atom is -0.464 e. The Kier molecular flexibility index (Phi) is 5.93. The lowest BCUT2D eigenvalue weighted by Gasteiger charge is -2.13. The third kappa shape index (κ3) is 5.22. The highest BCUT2D eigenvalue weighted by Crippen LogP contribution is 1.98. The molecular formula is C9H17NO3. The Morgan fingerprint density at radius 3 is 2.54 bits per heavy atom. The number of hydrogen-bond acceptors (Lipinski definition) is 3. The fourth-order valence-corrected chi connectivity index (χ4v) is 0.784. The molecule has 0 aromatic rings. The molecule has 0 rings (SSSR count). The second-order valence-corrected chi connectivity index (χ2v) is 3.27. The van der Waals surface area contributed by atoms with E-state index < -0.39 is 6.04 Å². The molecule has 1 amide bonds. The molecule has 1 unspecified atom stereocenters. The van der Waals surface area contributed by atoms with Gasteiger partial charge in [-0.25, -0.2) is 4.79 Å². The highest BCUT2D eigenvalue weighted by atomic mass is 16.5. The van der Waals surface area contributed by atoms with Crippen LogP contribution in [0.4, 0.5) is 0 Å². The van der Waals surface area contributed by atoms with E-state index in [1.165, 1.54) is 0 Å². The summed E-state index contributed by atoms with van der Waals surface area (Å²) in [5, 5.41) is 2.40. The summed E-state index contributed by atoms with van der Waals surface area (Å²) >= 11 is 0. The predicted molar refractivity (Wildman–Crippen MR) is 49.1 cm³/mol. The normalized spacial score (nSPS) is 12.3. The number of carbonyl (C=O) groups excluding carboxylic acids is 2. The Balaban J connectivity index is 3.83. The molecule has 4 heteroatoms. The molecule has 4 nitrogen and oxygen atoms in total. The zero-order chi connectivity index (χ0) is 10.3. The average Bonchev–Trinajstić information content (AvgIpc) is 2.10. The lowest BCUT2D eigenvalue weighted by molar-refractivity contribution is -0.148. The summed E-state index contributed by atoms with van der Waals surface area (Å²) in [5.74, 6) is -0.0408. The van der Waals surface area contributed by atoms with Gasteiger partial charge < -0.3 is 10.1 Å². The Bertz CT molecular complexity index is 168. The van der Waals surface area contributed by atoms with Crippen molar-refractivity contribution in [1.82, 2.24) is 5.32 Å². The van der Waals surface area contributed by atoms with Crippen LogP contribution in [0.25, 0.3) is 0 Å². The molecule has 76 valence electrons. The van der Waals surface area contributed by atoms with Gasteiger partial charge in [0.25, 0.3) is 0 Å². The van der Waals surface area contributed by atoms with E-state index >= 15 is 0 Å². The minimum absolute atomic E-state index is 0.317. The van der Waals surface area contributed by atoms with Gasteiger partial charge in [-0.2, -0.15) is 0 Å². The van der Waals surface area contributed by atoms with E-state index in [-0.39, 0.29) is 5.97 Å². The van der Waals surface area contributed by atoms with Gasteiger partial charge in [-0.1, -0.05) is 20.8 Å². The maximum absolute atomic E-state index is 11.2. The van der Waals surface area contributed by atoms with E-state index in [1.54, 1.807) is 0 Å². The first-order valence-corrected chi connectivity index (χ1v) is 4.48. The number of nitrogens with one attached hydrogen (secondary N) is 1. The molecule has 0 bridgehead atoms. The number of rotatable bonds is 6. The van der Waals surface area contributed by atoms with Crippen LogP contribution in [0.3, 0.4) is 0 Å². The maximum Gasteiger partial charge on any atom is 0.328 e. The smallest absolute Gasteiger partial charge is 0.328 e. The van der Waals surface area contributed by atoms with Crippen molar-refractivity contribution in [1.29, 1.82) is 0 Å². The van der Waals surface area contributed by atoms with Gasteiger partial charge in [-0.3, -0.25) is 4.79 Å². The molecule has 1 N–H and O–H groups in total. The van der Waals surface area contributed by atoms with E-state index in [0.29, 0.717) is 25.4 Å². The zero-order valence-electron chi connectivity index (χ0n) is 8.37. The van der Waals surface area contributed by atoms with Crippen LogP contribution >= 0.6 is 0 Å². The molecular weight excluding hydrogens is 170 g/mol. The molecule has 13 heavy (non-hydrogen) atoms. The summed E-state index contributed by atoms with van der Waals surface area (Å²) in [7, 11) is 0. The van der Waals surface area contributed by atoms with E-state index in [4.69, 9.17) is 4.74 Å². The summed E-state index contributed by atoms with van der Waals surface area (Å²) < 4.78 is 4.95. The fraction of sp³-hybridized carbons (Fsp3) is 0.778. The Labute approximate surface area is 78.6 Å². The molecule has 0 saturated heterocycles. The molecule has 0 aromatic carbocycles. The Morgan fingerprint density at radius 2 is 2.15 bits per heavy atom. The largest absolute Gasteiger partial charge is 0.464 e. The molecule has 0 heterocycles. The monoisotopic (exact) mass is 187 g/mol. The lowest BCUT2D eigenvalue weighted by atomic mass is 10.2. The highest BCUT2D eigenvalue weighted by Gasteiger charge is 2.16. The van der Waals surface area contributed by atoms with Crippen LogP contribution < -0.4 is 5.32 Å². The van der Waals surface area contributed by atoms with Gasteiger partial charge in [0.15, 0.2) is 0 Å². The first-order valence-electron chi connectivity index (χ1n) is 4.48. The fourth-order valence-electron chi connectivity index (χ4n) is 0.784. The van der Waals surface area contributed by atoms with Crippen LogP contribution in [-0.4, -0.2) is 25.0 Å². The second-order valence-electron chi connectivity index (χ2n) is 3.27. The molecule has 0 spiro atoms. The van der Waals surface area contributed by atoms with Gasteiger partial charge in [-0.05, 0) is 12.3 Å². The van der Waals surface area contributed by atoms with Gasteiger partial charge in [0.2, 0.25) is 6.41 Å². The maximum atomic E-state index is 11.2. The number of hydrogen-bond donors (Lipinski definition) is 1. The van der Waals surface area contributed by atoms with Crippen LogP contribution in [0.2, 0.25) is 0 Å². The standard InChI is InChI=1S/C9H17NO3/c1-4-8(10-6-11)9(12)13-5-7(2)3/h6-8H,4-5H2,1-3H3,(H,10,11). The molecule has 0 aliphatic rings. The van der Waals surface area contributed by atoms with Crippen LogP contribution in [0, 0.1) is 5.92 Å². The van der Waals surface area contributed by atoms with Gasteiger partial charge in [0.05, 0.1) is 6.61 Å². The summed E-state index contributed by atoms with van der Waals surface area (Å²) in [6.45, 7) is 6.14. The van der Waals surface area contributed by atoms with E-state index in [0.717, 1.165) is 0 Å². The number of amides is 1. The lowest BCUT2D eigenvalue weighted by Crippen LogP contribution is -2.37. The molecule has 1 atom stereocenters. The van der Waals surface area contributed by atoms with Crippen molar-refractivity contribution in [3.63, 3.8) is 0 Å². The first kappa shape index (κ1) is 11.9. The van der Waals surface area contributed by atoms with Crippen molar-refractivity contribution in [3.05, 3.63) is 0 Å². The van der Waals surface area contributed by atoms with Gasteiger partial charge >= 0.3 is 5.97 Å². The summed E-state index contributed by atoms with van der Waals surface area (Å²) in [5.41, 5.74) is 0. The summed E-state index contributed by atoms with van der Waals surface area (Å²) in [4.78, 5) is 21.3. The van der Waals surface area contributed by atoms with Crippen LogP contribution in [0.5, 0.6) is 0 Å². The molecule has 0 radical (unpaired) electrons. The molecule has 0 aliphatic heterocycles. The van der Waals surface area contributed by atoms with Gasteiger partial charge in [-0.15, -0.1) is 0 Å². The third-order valence-electron chi connectivity index (χ3n) is 1.52. The SMILES string of the molecule is CCC(NC=O)C(=O)OCC(C)C. The van der Waals surface area contributed by atoms with Crippen LogP contribution in [0.1, 0.15) is 27.2 Å². The van der Waals surface area contributed by atoms with Crippen molar-refractivity contribution < 1.29 is 14.3 Å². The van der Waals surface area contributed by atoms with Crippen molar-refractivity contribution in [2.45, 2.75) is 33.2 Å². The average molecular weight is 187 g/mol. The zero-order valence-corrected chi connectivity index (χ0v) is 8.37. The Hall–Kier alpha value is -1.06. The van der Waals surface area contributed by atoms with Gasteiger partial charge in [0.1, 0.15) is 6.04 Å². The number of ether oxygens (including phenoxy) is 1. The Morgan fingerprint density at radius 1 is 1.54 bits per heavy atom. The topological polar surface area (TPSA) is 55.4 Å². The first-order chi connectivity index (χ1) is 6.11. The van der Waals surface area contributed by atoms with Crippen LogP contribution in [0.15, 0.2) is 0 Å². The third-order valence-corrected chi connectivity index (χ3v) is 1.52. The summed E-state index contributed by atoms with van der Waals surface area (Å²) in [6, 6.07) is -0.503. The minimum atomic E-state index is -0.503. The van der Waals surface area contributed by atoms with Crippen LogP contribution in [-0.2, 0) is 14.3 Å². The predicted octanol–water partition coefficient (Wildman–Crippen LogP) is 0.710. The van der Waals surface area contributed by atoms with E-state index in [1.807, 2.05) is 20.8 Å². The molecule has 0 aliphatic carbocycles. The molecule has 0 fully saturated rings. The number of esters is 1. The second kappa shape index (κ2) is 6.46.